The van der Waals surface area contributed by atoms with Gasteiger partial charge in [-0.15, -0.1) is 0 Å². The lowest BCUT2D eigenvalue weighted by molar-refractivity contribution is -0.134. The van der Waals surface area contributed by atoms with E-state index in [1.807, 2.05) is 0 Å². The molecule has 1 aromatic rings. The number of ether oxygens (including phenoxy) is 1. The van der Waals surface area contributed by atoms with Crippen molar-refractivity contribution in [1.29, 1.82) is 0 Å². The molecule has 0 heterocycles. The van der Waals surface area contributed by atoms with Crippen LogP contribution in [0.4, 0.5) is 10.1 Å². The molecule has 0 radical (unpaired) electrons. The number of anilines is 1. The molecule has 0 aliphatic carbocycles. The molecule has 0 saturated carbocycles. The maximum absolute atomic E-state index is 13.2. The predicted octanol–water partition coefficient (Wildman–Crippen LogP) is 2.58. The third-order valence-corrected chi connectivity index (χ3v) is 1.83. The van der Waals surface area contributed by atoms with Crippen molar-refractivity contribution in [1.82, 2.24) is 0 Å². The number of methoxy groups -OCH3 is 1. The Morgan fingerprint density at radius 3 is 2.93 bits per heavy atom. The van der Waals surface area contributed by atoms with Crippen LogP contribution in [0.25, 0.3) is 0 Å². The summed E-state index contributed by atoms with van der Waals surface area (Å²) in [6.07, 6.45) is 2.44. The van der Waals surface area contributed by atoms with Gasteiger partial charge in [0.2, 0.25) is 0 Å². The van der Waals surface area contributed by atoms with Crippen LogP contribution in [-0.4, -0.2) is 13.1 Å². The molecular formula is C10H9ClFNO2. The van der Waals surface area contributed by atoms with Crippen LogP contribution < -0.4 is 5.32 Å². The lowest BCUT2D eigenvalue weighted by Gasteiger charge is -2.02. The number of benzene rings is 1. The molecule has 0 saturated heterocycles. The van der Waals surface area contributed by atoms with E-state index >= 15 is 0 Å². The Bertz CT molecular complexity index is 393. The molecule has 0 bridgehead atoms. The Balaban J connectivity index is 2.65. The normalized spacial score (nSPS) is 10.3. The number of carbonyl (C=O) groups is 1. The van der Waals surface area contributed by atoms with Gasteiger partial charge in [0.25, 0.3) is 0 Å². The first-order valence-corrected chi connectivity index (χ1v) is 4.47. The van der Waals surface area contributed by atoms with Crippen LogP contribution in [0.5, 0.6) is 0 Å². The van der Waals surface area contributed by atoms with E-state index in [1.165, 1.54) is 25.4 Å². The first kappa shape index (κ1) is 11.5. The Labute approximate surface area is 91.5 Å². The van der Waals surface area contributed by atoms with Gasteiger partial charge >= 0.3 is 5.97 Å². The molecule has 0 atom stereocenters. The van der Waals surface area contributed by atoms with Gasteiger partial charge in [-0.2, -0.15) is 0 Å². The molecule has 0 aliphatic heterocycles. The second-order valence-corrected chi connectivity index (χ2v) is 3.06. The highest BCUT2D eigenvalue weighted by molar-refractivity contribution is 6.30. The van der Waals surface area contributed by atoms with Crippen LogP contribution in [0.1, 0.15) is 0 Å². The molecule has 0 amide bonds. The highest BCUT2D eigenvalue weighted by Gasteiger charge is 2.00. The third-order valence-electron chi connectivity index (χ3n) is 1.59. The van der Waals surface area contributed by atoms with Crippen LogP contribution in [-0.2, 0) is 9.53 Å². The summed E-state index contributed by atoms with van der Waals surface area (Å²) in [6, 6.07) is 4.19. The topological polar surface area (TPSA) is 38.3 Å². The van der Waals surface area contributed by atoms with E-state index < -0.39 is 11.8 Å². The molecule has 80 valence electrons. The van der Waals surface area contributed by atoms with Gasteiger partial charge in [0.15, 0.2) is 0 Å². The minimum atomic E-state index is -0.517. The van der Waals surface area contributed by atoms with Crippen molar-refractivity contribution < 1.29 is 13.9 Å². The molecular weight excluding hydrogens is 221 g/mol. The number of carbonyl (C=O) groups excluding carboxylic acids is 1. The number of halogens is 2. The summed E-state index contributed by atoms with van der Waals surface area (Å²) in [5.74, 6) is -1.01. The minimum Gasteiger partial charge on any atom is -0.466 e. The molecule has 1 aromatic carbocycles. The Morgan fingerprint density at radius 2 is 2.33 bits per heavy atom. The first-order chi connectivity index (χ1) is 7.13. The zero-order valence-corrected chi connectivity index (χ0v) is 8.72. The zero-order chi connectivity index (χ0) is 11.3. The molecule has 0 unspecified atom stereocenters. The van der Waals surface area contributed by atoms with Crippen LogP contribution in [0.15, 0.2) is 30.5 Å². The maximum atomic E-state index is 13.2. The fourth-order valence-electron chi connectivity index (χ4n) is 0.874. The van der Waals surface area contributed by atoms with E-state index in [0.29, 0.717) is 5.02 Å². The third kappa shape index (κ3) is 3.59. The van der Waals surface area contributed by atoms with Crippen molar-refractivity contribution in [2.75, 3.05) is 12.4 Å². The van der Waals surface area contributed by atoms with E-state index in [-0.39, 0.29) is 5.69 Å². The Kier molecular flexibility index (Phi) is 4.12. The minimum absolute atomic E-state index is 0.236. The molecule has 1 N–H and O–H groups in total. The summed E-state index contributed by atoms with van der Waals surface area (Å²) in [4.78, 5) is 10.7. The molecule has 0 aliphatic rings. The monoisotopic (exact) mass is 229 g/mol. The Hall–Kier alpha value is -1.55. The van der Waals surface area contributed by atoms with Crippen LogP contribution >= 0.6 is 11.6 Å². The molecule has 15 heavy (non-hydrogen) atoms. The molecule has 1 rings (SSSR count). The second-order valence-electron chi connectivity index (χ2n) is 2.62. The smallest absolute Gasteiger partial charge is 0.331 e. The maximum Gasteiger partial charge on any atom is 0.331 e. The highest BCUT2D eigenvalue weighted by atomic mass is 35.5. The van der Waals surface area contributed by atoms with Crippen LogP contribution in [0.3, 0.4) is 0 Å². The van der Waals surface area contributed by atoms with Gasteiger partial charge < -0.3 is 10.1 Å². The van der Waals surface area contributed by atoms with E-state index in [9.17, 15) is 9.18 Å². The van der Waals surface area contributed by atoms with Crippen molar-refractivity contribution in [3.05, 3.63) is 41.3 Å². The standard InChI is InChI=1S/C10H9ClFNO2/c1-15-10(14)4-5-13-9-3-2-7(11)6-8(9)12/h2-6,13H,1H3/b5-4+. The summed E-state index contributed by atoms with van der Waals surface area (Å²) in [5, 5.41) is 2.91. The average molecular weight is 230 g/mol. The van der Waals surface area contributed by atoms with Crippen LogP contribution in [0.2, 0.25) is 5.02 Å². The van der Waals surface area contributed by atoms with Gasteiger partial charge in [-0.05, 0) is 18.2 Å². The van der Waals surface area contributed by atoms with E-state index in [2.05, 4.69) is 10.1 Å². The van der Waals surface area contributed by atoms with Gasteiger partial charge in [-0.3, -0.25) is 0 Å². The molecule has 0 spiro atoms. The van der Waals surface area contributed by atoms with Gasteiger partial charge in [-0.1, -0.05) is 11.6 Å². The number of esters is 1. The summed E-state index contributed by atoms with van der Waals surface area (Å²) in [5.41, 5.74) is 0.236. The van der Waals surface area contributed by atoms with Crippen LogP contribution in [0, 0.1) is 5.82 Å². The van der Waals surface area contributed by atoms with E-state index in [4.69, 9.17) is 11.6 Å². The van der Waals surface area contributed by atoms with Crippen molar-refractivity contribution >= 4 is 23.3 Å². The number of rotatable bonds is 3. The van der Waals surface area contributed by atoms with Gasteiger partial charge in [0.1, 0.15) is 5.82 Å². The summed E-state index contributed by atoms with van der Waals surface area (Å²) >= 11 is 5.56. The summed E-state index contributed by atoms with van der Waals surface area (Å²) < 4.78 is 17.5. The lowest BCUT2D eigenvalue weighted by Crippen LogP contribution is -1.97. The van der Waals surface area contributed by atoms with Crippen molar-refractivity contribution in [3.63, 3.8) is 0 Å². The number of hydrogen-bond acceptors (Lipinski definition) is 3. The predicted molar refractivity (Wildman–Crippen MR) is 56.2 cm³/mol. The SMILES string of the molecule is COC(=O)/C=C/Nc1ccc(Cl)cc1F. The number of hydrogen-bond donors (Lipinski definition) is 1. The molecule has 0 fully saturated rings. The fourth-order valence-corrected chi connectivity index (χ4v) is 1.03. The first-order valence-electron chi connectivity index (χ1n) is 4.09. The largest absolute Gasteiger partial charge is 0.466 e. The van der Waals surface area contributed by atoms with Crippen molar-refractivity contribution in [2.45, 2.75) is 0 Å². The van der Waals surface area contributed by atoms with Gasteiger partial charge in [0.05, 0.1) is 12.8 Å². The summed E-state index contributed by atoms with van der Waals surface area (Å²) in [6.45, 7) is 0. The molecule has 5 heteroatoms. The highest BCUT2D eigenvalue weighted by Crippen LogP contribution is 2.18. The van der Waals surface area contributed by atoms with Crippen molar-refractivity contribution in [3.8, 4) is 0 Å². The lowest BCUT2D eigenvalue weighted by atomic mass is 10.3. The van der Waals surface area contributed by atoms with E-state index in [1.54, 1.807) is 6.07 Å². The van der Waals surface area contributed by atoms with Crippen molar-refractivity contribution in [2.24, 2.45) is 0 Å². The summed E-state index contributed by atoms with van der Waals surface area (Å²) in [7, 11) is 1.26. The number of nitrogens with one attached hydrogen (secondary N) is 1. The molecule has 0 aromatic heterocycles. The van der Waals surface area contributed by atoms with Gasteiger partial charge in [-0.25, -0.2) is 9.18 Å². The average Bonchev–Trinajstić information content (AvgIpc) is 2.21. The van der Waals surface area contributed by atoms with E-state index in [0.717, 1.165) is 6.08 Å². The fraction of sp³-hybridized carbons (Fsp3) is 0.100. The zero-order valence-electron chi connectivity index (χ0n) is 7.96. The second kappa shape index (κ2) is 5.36. The van der Waals surface area contributed by atoms with Gasteiger partial charge in [0, 0.05) is 17.3 Å². The Morgan fingerprint density at radius 1 is 1.60 bits per heavy atom. The molecule has 3 nitrogen and oxygen atoms in total. The quantitative estimate of drug-likeness (QED) is 0.640.